The van der Waals surface area contributed by atoms with Gasteiger partial charge in [0.25, 0.3) is 0 Å². The highest BCUT2D eigenvalue weighted by molar-refractivity contribution is 7.92. The van der Waals surface area contributed by atoms with Crippen molar-refractivity contribution >= 4 is 9.84 Å². The molecular weight excluding hydrogens is 196 g/mol. The topological polar surface area (TPSA) is 34.1 Å². The summed E-state index contributed by atoms with van der Waals surface area (Å²) in [6.45, 7) is 6.25. The molecule has 1 aromatic rings. The quantitative estimate of drug-likeness (QED) is 0.715. The third-order valence-corrected chi connectivity index (χ3v) is 3.07. The van der Waals surface area contributed by atoms with Crippen molar-refractivity contribution in [3.05, 3.63) is 36.1 Å². The summed E-state index contributed by atoms with van der Waals surface area (Å²) in [4.78, 5) is 0.269. The zero-order chi connectivity index (χ0) is 11.0. The van der Waals surface area contributed by atoms with Crippen LogP contribution in [0.4, 0.5) is 0 Å². The predicted molar refractivity (Wildman–Crippen MR) is 57.7 cm³/mol. The Morgan fingerprint density at radius 3 is 1.79 bits per heavy atom. The van der Waals surface area contributed by atoms with E-state index in [1.807, 2.05) is 12.1 Å². The molecule has 0 N–H and O–H groups in total. The molecule has 0 amide bonds. The second-order valence-electron chi connectivity index (χ2n) is 4.39. The zero-order valence-corrected chi connectivity index (χ0v) is 9.56. The first-order valence-electron chi connectivity index (χ1n) is 4.40. The predicted octanol–water partition coefficient (Wildman–Crippen LogP) is 2.55. The molecule has 0 atom stereocenters. The van der Waals surface area contributed by atoms with Crippen LogP contribution in [0, 0.1) is 6.26 Å². The molecule has 0 bridgehead atoms. The van der Waals surface area contributed by atoms with Crippen LogP contribution in [0.3, 0.4) is 0 Å². The van der Waals surface area contributed by atoms with E-state index in [4.69, 9.17) is 0 Å². The van der Waals surface area contributed by atoms with Crippen molar-refractivity contribution in [1.29, 1.82) is 0 Å². The van der Waals surface area contributed by atoms with Gasteiger partial charge in [-0.15, -0.1) is 0 Å². The minimum absolute atomic E-state index is 0.0451. The molecule has 3 heteroatoms. The Bertz CT molecular complexity index is 408. The van der Waals surface area contributed by atoms with Gasteiger partial charge in [0, 0.05) is 0 Å². The van der Waals surface area contributed by atoms with Gasteiger partial charge in [-0.1, -0.05) is 32.9 Å². The molecule has 0 aromatic heterocycles. The summed E-state index contributed by atoms with van der Waals surface area (Å²) < 4.78 is 22.2. The Labute approximate surface area is 85.9 Å². The van der Waals surface area contributed by atoms with Gasteiger partial charge < -0.3 is 0 Å². The SMILES string of the molecule is [CH2]S(=O)(=O)c1ccc(C(C)(C)C)cc1. The standard InChI is InChI=1S/C11H15O2S/c1-11(2,3)9-5-7-10(8-6-9)14(4,12)13/h5-8H,4H2,1-3H3. The zero-order valence-electron chi connectivity index (χ0n) is 8.74. The van der Waals surface area contributed by atoms with Crippen LogP contribution >= 0.6 is 0 Å². The van der Waals surface area contributed by atoms with Crippen molar-refractivity contribution in [3.63, 3.8) is 0 Å². The third kappa shape index (κ3) is 2.58. The molecule has 0 unspecified atom stereocenters. The molecule has 14 heavy (non-hydrogen) atoms. The minimum Gasteiger partial charge on any atom is -0.224 e. The summed E-state index contributed by atoms with van der Waals surface area (Å²) in [5, 5.41) is 0. The number of rotatable bonds is 1. The molecule has 1 radical (unpaired) electrons. The minimum atomic E-state index is -3.32. The summed E-state index contributed by atoms with van der Waals surface area (Å²) in [6, 6.07) is 6.86. The monoisotopic (exact) mass is 211 g/mol. The summed E-state index contributed by atoms with van der Waals surface area (Å²) in [5.41, 5.74) is 1.16. The number of hydrogen-bond acceptors (Lipinski definition) is 2. The lowest BCUT2D eigenvalue weighted by atomic mass is 9.87. The van der Waals surface area contributed by atoms with Crippen LogP contribution in [0.1, 0.15) is 26.3 Å². The van der Waals surface area contributed by atoms with Crippen molar-refractivity contribution < 1.29 is 8.42 Å². The average Bonchev–Trinajstić information content (AvgIpc) is 2.01. The van der Waals surface area contributed by atoms with E-state index in [0.29, 0.717) is 0 Å². The summed E-state index contributed by atoms with van der Waals surface area (Å²) in [5.74, 6) is 0. The van der Waals surface area contributed by atoms with E-state index in [9.17, 15) is 8.42 Å². The maximum absolute atomic E-state index is 11.1. The third-order valence-electron chi connectivity index (χ3n) is 2.08. The molecule has 2 nitrogen and oxygen atoms in total. The van der Waals surface area contributed by atoms with E-state index in [1.54, 1.807) is 12.1 Å². The Balaban J connectivity index is 3.14. The Morgan fingerprint density at radius 2 is 1.50 bits per heavy atom. The number of sulfone groups is 1. The lowest BCUT2D eigenvalue weighted by Crippen LogP contribution is -2.10. The van der Waals surface area contributed by atoms with Crippen LogP contribution in [-0.4, -0.2) is 8.42 Å². The highest BCUT2D eigenvalue weighted by Crippen LogP contribution is 2.23. The summed E-state index contributed by atoms with van der Waals surface area (Å²) >= 11 is 0. The fourth-order valence-corrected chi connectivity index (χ4v) is 1.71. The molecular formula is C11H15O2S. The Hall–Kier alpha value is -0.830. The molecule has 0 spiro atoms. The first-order valence-corrected chi connectivity index (χ1v) is 6.05. The molecule has 1 rings (SSSR count). The van der Waals surface area contributed by atoms with Crippen LogP contribution in [0.5, 0.6) is 0 Å². The van der Waals surface area contributed by atoms with E-state index in [-0.39, 0.29) is 10.3 Å². The van der Waals surface area contributed by atoms with Gasteiger partial charge in [-0.2, -0.15) is 0 Å². The van der Waals surface area contributed by atoms with Crippen LogP contribution in [0.2, 0.25) is 0 Å². The lowest BCUT2D eigenvalue weighted by molar-refractivity contribution is 0.588. The van der Waals surface area contributed by atoms with Crippen LogP contribution in [0.15, 0.2) is 29.2 Å². The van der Waals surface area contributed by atoms with Crippen molar-refractivity contribution in [2.75, 3.05) is 0 Å². The Kier molecular flexibility index (Phi) is 2.72. The number of benzene rings is 1. The maximum Gasteiger partial charge on any atom is 0.179 e. The second kappa shape index (κ2) is 3.39. The fraction of sp³-hybridized carbons (Fsp3) is 0.364. The summed E-state index contributed by atoms with van der Waals surface area (Å²) in [7, 11) is -3.32. The van der Waals surface area contributed by atoms with Crippen molar-refractivity contribution in [2.45, 2.75) is 31.1 Å². The van der Waals surface area contributed by atoms with E-state index in [1.165, 1.54) is 0 Å². The molecule has 0 heterocycles. The van der Waals surface area contributed by atoms with E-state index >= 15 is 0 Å². The normalized spacial score (nSPS) is 12.9. The molecule has 0 aliphatic heterocycles. The van der Waals surface area contributed by atoms with E-state index in [0.717, 1.165) is 5.56 Å². The molecule has 77 valence electrons. The lowest BCUT2D eigenvalue weighted by Gasteiger charge is -2.18. The van der Waals surface area contributed by atoms with Gasteiger partial charge in [0.1, 0.15) is 0 Å². The van der Waals surface area contributed by atoms with Gasteiger partial charge in [-0.3, -0.25) is 0 Å². The summed E-state index contributed by atoms with van der Waals surface area (Å²) in [6.07, 6.45) is 3.10. The van der Waals surface area contributed by atoms with Gasteiger partial charge in [-0.05, 0) is 23.1 Å². The highest BCUT2D eigenvalue weighted by atomic mass is 32.2. The largest absolute Gasteiger partial charge is 0.224 e. The van der Waals surface area contributed by atoms with Crippen LogP contribution < -0.4 is 0 Å². The fourth-order valence-electron chi connectivity index (χ4n) is 1.16. The number of hydrogen-bond donors (Lipinski definition) is 0. The van der Waals surface area contributed by atoms with Gasteiger partial charge in [0.05, 0.1) is 11.2 Å². The first kappa shape index (κ1) is 11.2. The molecule has 1 aromatic carbocycles. The molecule has 0 saturated heterocycles. The smallest absolute Gasteiger partial charge is 0.179 e. The van der Waals surface area contributed by atoms with E-state index in [2.05, 4.69) is 27.0 Å². The second-order valence-corrected chi connectivity index (χ2v) is 6.09. The Morgan fingerprint density at radius 1 is 1.07 bits per heavy atom. The first-order chi connectivity index (χ1) is 6.21. The van der Waals surface area contributed by atoms with E-state index < -0.39 is 9.84 Å². The average molecular weight is 211 g/mol. The molecule has 0 saturated carbocycles. The van der Waals surface area contributed by atoms with Crippen molar-refractivity contribution in [3.8, 4) is 0 Å². The van der Waals surface area contributed by atoms with Crippen LogP contribution in [0.25, 0.3) is 0 Å². The van der Waals surface area contributed by atoms with Gasteiger partial charge in [0.2, 0.25) is 0 Å². The molecule has 0 fully saturated rings. The van der Waals surface area contributed by atoms with Crippen molar-refractivity contribution in [1.82, 2.24) is 0 Å². The highest BCUT2D eigenvalue weighted by Gasteiger charge is 2.14. The molecule has 0 aliphatic rings. The van der Waals surface area contributed by atoms with Crippen molar-refractivity contribution in [2.24, 2.45) is 0 Å². The molecule has 0 aliphatic carbocycles. The van der Waals surface area contributed by atoms with Gasteiger partial charge in [0.15, 0.2) is 9.84 Å². The van der Waals surface area contributed by atoms with Gasteiger partial charge >= 0.3 is 0 Å². The van der Waals surface area contributed by atoms with Gasteiger partial charge in [-0.25, -0.2) is 8.42 Å². The van der Waals surface area contributed by atoms with Crippen LogP contribution in [-0.2, 0) is 15.3 Å². The maximum atomic E-state index is 11.1.